The first-order valence-electron chi connectivity index (χ1n) is 7.11. The van der Waals surface area contributed by atoms with Crippen molar-refractivity contribution < 1.29 is 14.3 Å². The van der Waals surface area contributed by atoms with Crippen molar-refractivity contribution in [3.8, 4) is 0 Å². The number of aromatic nitrogens is 2. The summed E-state index contributed by atoms with van der Waals surface area (Å²) < 4.78 is 10.7. The topological polar surface area (TPSA) is 85.4 Å². The van der Waals surface area contributed by atoms with Gasteiger partial charge in [-0.1, -0.05) is 0 Å². The molecule has 7 heteroatoms. The molecule has 1 aromatic rings. The van der Waals surface area contributed by atoms with Gasteiger partial charge in [0.15, 0.2) is 5.82 Å². The first-order chi connectivity index (χ1) is 9.92. The second-order valence-corrected chi connectivity index (χ2v) is 5.95. The summed E-state index contributed by atoms with van der Waals surface area (Å²) in [5.41, 5.74) is -0.541. The number of hydrogen-bond donors (Lipinski definition) is 2. The van der Waals surface area contributed by atoms with Crippen LogP contribution in [0.2, 0.25) is 0 Å². The lowest BCUT2D eigenvalue weighted by Crippen LogP contribution is -2.27. The van der Waals surface area contributed by atoms with Crippen molar-refractivity contribution in [2.24, 2.45) is 0 Å². The Bertz CT molecular complexity index is 464. The van der Waals surface area contributed by atoms with Crippen LogP contribution in [0.25, 0.3) is 0 Å². The van der Waals surface area contributed by atoms with Crippen LogP contribution in [-0.2, 0) is 9.47 Å². The van der Waals surface area contributed by atoms with Crippen molar-refractivity contribution in [2.45, 2.75) is 45.3 Å². The molecule has 1 aromatic heterocycles. The lowest BCUT2D eigenvalue weighted by molar-refractivity contribution is 0.0635. The quantitative estimate of drug-likeness (QED) is 0.887. The fourth-order valence-electron chi connectivity index (χ4n) is 1.93. The molecule has 1 aliphatic heterocycles. The first-order valence-corrected chi connectivity index (χ1v) is 7.11. The predicted octanol–water partition coefficient (Wildman–Crippen LogP) is 2.41. The fourth-order valence-corrected chi connectivity index (χ4v) is 1.93. The van der Waals surface area contributed by atoms with Crippen molar-refractivity contribution in [2.75, 3.05) is 23.8 Å². The van der Waals surface area contributed by atoms with E-state index in [1.54, 1.807) is 32.9 Å². The fraction of sp³-hybridized carbons (Fsp3) is 0.643. The van der Waals surface area contributed by atoms with Crippen LogP contribution in [0.5, 0.6) is 0 Å². The van der Waals surface area contributed by atoms with Crippen molar-refractivity contribution in [3.63, 3.8) is 0 Å². The van der Waals surface area contributed by atoms with Crippen LogP contribution in [0.4, 0.5) is 16.4 Å². The third-order valence-electron chi connectivity index (χ3n) is 2.83. The monoisotopic (exact) mass is 294 g/mol. The van der Waals surface area contributed by atoms with Crippen molar-refractivity contribution in [3.05, 3.63) is 12.1 Å². The number of ether oxygens (including phenoxy) is 2. The van der Waals surface area contributed by atoms with E-state index in [0.717, 1.165) is 19.4 Å². The molecule has 21 heavy (non-hydrogen) atoms. The summed E-state index contributed by atoms with van der Waals surface area (Å²) in [7, 11) is 0. The molecular formula is C14H22N4O3. The number of carbonyl (C=O) groups excluding carboxylic acids is 1. The van der Waals surface area contributed by atoms with Crippen molar-refractivity contribution in [1.82, 2.24) is 10.2 Å². The molecule has 2 heterocycles. The Labute approximate surface area is 124 Å². The van der Waals surface area contributed by atoms with Gasteiger partial charge in [0, 0.05) is 13.2 Å². The van der Waals surface area contributed by atoms with Gasteiger partial charge < -0.3 is 14.8 Å². The zero-order valence-electron chi connectivity index (χ0n) is 12.7. The van der Waals surface area contributed by atoms with Gasteiger partial charge in [0.2, 0.25) is 0 Å². The molecule has 0 aliphatic carbocycles. The molecule has 116 valence electrons. The van der Waals surface area contributed by atoms with Crippen LogP contribution in [0.15, 0.2) is 12.1 Å². The Hall–Kier alpha value is -1.89. The predicted molar refractivity (Wildman–Crippen MR) is 79.4 cm³/mol. The average molecular weight is 294 g/mol. The van der Waals surface area contributed by atoms with Crippen molar-refractivity contribution >= 4 is 17.7 Å². The number of amides is 1. The summed E-state index contributed by atoms with van der Waals surface area (Å²) in [5, 5.41) is 13.6. The summed E-state index contributed by atoms with van der Waals surface area (Å²) in [6, 6.07) is 3.43. The molecule has 1 amide bonds. The zero-order valence-corrected chi connectivity index (χ0v) is 12.7. The number of carbonyl (C=O) groups is 1. The van der Waals surface area contributed by atoms with Crippen molar-refractivity contribution in [1.29, 1.82) is 0 Å². The molecule has 1 saturated heterocycles. The molecule has 1 fully saturated rings. The lowest BCUT2D eigenvalue weighted by atomic mass is 10.2. The van der Waals surface area contributed by atoms with E-state index in [-0.39, 0.29) is 6.10 Å². The Morgan fingerprint density at radius 1 is 1.38 bits per heavy atom. The normalized spacial score (nSPS) is 18.3. The number of anilines is 2. The van der Waals surface area contributed by atoms with E-state index in [0.29, 0.717) is 18.2 Å². The second-order valence-electron chi connectivity index (χ2n) is 5.95. The summed E-state index contributed by atoms with van der Waals surface area (Å²) in [6.45, 7) is 6.95. The van der Waals surface area contributed by atoms with E-state index in [4.69, 9.17) is 9.47 Å². The highest BCUT2D eigenvalue weighted by Crippen LogP contribution is 2.14. The summed E-state index contributed by atoms with van der Waals surface area (Å²) in [5.74, 6) is 1.01. The van der Waals surface area contributed by atoms with Crippen LogP contribution >= 0.6 is 0 Å². The molecule has 1 atom stereocenters. The summed E-state index contributed by atoms with van der Waals surface area (Å²) in [6.07, 6.45) is 1.87. The van der Waals surface area contributed by atoms with Crippen LogP contribution in [0, 0.1) is 0 Å². The third-order valence-corrected chi connectivity index (χ3v) is 2.83. The lowest BCUT2D eigenvalue weighted by Gasteiger charge is -2.19. The molecule has 1 aliphatic rings. The molecule has 7 nitrogen and oxygen atoms in total. The average Bonchev–Trinajstić information content (AvgIpc) is 2.89. The Morgan fingerprint density at radius 2 is 2.10 bits per heavy atom. The van der Waals surface area contributed by atoms with Gasteiger partial charge >= 0.3 is 6.09 Å². The zero-order chi connectivity index (χ0) is 15.3. The molecule has 2 rings (SSSR count). The molecular weight excluding hydrogens is 272 g/mol. The van der Waals surface area contributed by atoms with Gasteiger partial charge in [0.1, 0.15) is 11.4 Å². The molecule has 0 spiro atoms. The highest BCUT2D eigenvalue weighted by Gasteiger charge is 2.17. The van der Waals surface area contributed by atoms with E-state index >= 15 is 0 Å². The molecule has 0 radical (unpaired) electrons. The largest absolute Gasteiger partial charge is 0.444 e. The Balaban J connectivity index is 1.79. The van der Waals surface area contributed by atoms with Gasteiger partial charge in [-0.3, -0.25) is 5.32 Å². The number of hydrogen-bond acceptors (Lipinski definition) is 6. The highest BCUT2D eigenvalue weighted by atomic mass is 16.6. The smallest absolute Gasteiger partial charge is 0.413 e. The first kappa shape index (κ1) is 15.5. The number of rotatable bonds is 4. The maximum atomic E-state index is 11.6. The van der Waals surface area contributed by atoms with Gasteiger partial charge in [-0.2, -0.15) is 0 Å². The van der Waals surface area contributed by atoms with E-state index in [1.165, 1.54) is 0 Å². The number of nitrogens with one attached hydrogen (secondary N) is 2. The molecule has 0 bridgehead atoms. The maximum absolute atomic E-state index is 11.6. The van der Waals surface area contributed by atoms with Gasteiger partial charge in [0.05, 0.1) is 6.10 Å². The minimum Gasteiger partial charge on any atom is -0.444 e. The highest BCUT2D eigenvalue weighted by molar-refractivity contribution is 5.83. The van der Waals surface area contributed by atoms with E-state index in [9.17, 15) is 4.79 Å². The standard InChI is InChI=1S/C14H22N4O3/c1-14(2,3)21-13(19)16-12-7-6-11(17-18-12)15-9-10-5-4-8-20-10/h6-7,10H,4-5,8-9H2,1-3H3,(H,15,17)(H,16,18,19). The molecule has 0 aromatic carbocycles. The second kappa shape index (κ2) is 6.71. The minimum atomic E-state index is -0.545. The van der Waals surface area contributed by atoms with Gasteiger partial charge in [-0.05, 0) is 45.7 Å². The molecule has 0 saturated carbocycles. The third kappa shape index (κ3) is 5.55. The maximum Gasteiger partial charge on any atom is 0.413 e. The van der Waals surface area contributed by atoms with Gasteiger partial charge in [-0.15, -0.1) is 10.2 Å². The molecule has 2 N–H and O–H groups in total. The summed E-state index contributed by atoms with van der Waals surface area (Å²) in [4.78, 5) is 11.6. The minimum absolute atomic E-state index is 0.242. The molecule has 1 unspecified atom stereocenters. The number of nitrogens with zero attached hydrogens (tertiary/aromatic N) is 2. The van der Waals surface area contributed by atoms with Crippen LogP contribution < -0.4 is 10.6 Å². The van der Waals surface area contributed by atoms with E-state index < -0.39 is 11.7 Å². The van der Waals surface area contributed by atoms with E-state index in [2.05, 4.69) is 20.8 Å². The Morgan fingerprint density at radius 3 is 2.67 bits per heavy atom. The van der Waals surface area contributed by atoms with Crippen LogP contribution in [0.3, 0.4) is 0 Å². The van der Waals surface area contributed by atoms with Gasteiger partial charge in [0.25, 0.3) is 0 Å². The Kier molecular flexibility index (Phi) is 4.95. The van der Waals surface area contributed by atoms with Crippen LogP contribution in [-0.4, -0.2) is 41.1 Å². The SMILES string of the molecule is CC(C)(C)OC(=O)Nc1ccc(NCC2CCCO2)nn1. The van der Waals surface area contributed by atoms with Crippen LogP contribution in [0.1, 0.15) is 33.6 Å². The summed E-state index contributed by atoms with van der Waals surface area (Å²) >= 11 is 0. The van der Waals surface area contributed by atoms with Gasteiger partial charge in [-0.25, -0.2) is 4.79 Å². The van der Waals surface area contributed by atoms with E-state index in [1.807, 2.05) is 0 Å².